The average Bonchev–Trinajstić information content (AvgIpc) is 3.23. The van der Waals surface area contributed by atoms with Crippen LogP contribution in [0.25, 0.3) is 0 Å². The van der Waals surface area contributed by atoms with Gasteiger partial charge in [-0.25, -0.2) is 0 Å². The fraction of sp³-hybridized carbons (Fsp3) is 0.562. The van der Waals surface area contributed by atoms with Crippen molar-refractivity contribution in [2.75, 3.05) is 13.1 Å². The van der Waals surface area contributed by atoms with Gasteiger partial charge >= 0.3 is 0 Å². The Labute approximate surface area is 125 Å². The molecule has 1 aromatic rings. The number of hydrogen-bond donors (Lipinski definition) is 2. The maximum Gasteiger partial charge on any atom is 0.230 e. The van der Waals surface area contributed by atoms with Crippen molar-refractivity contribution >= 4 is 17.5 Å². The number of benzene rings is 1. The molecule has 2 aliphatic rings. The van der Waals surface area contributed by atoms with E-state index in [9.17, 15) is 4.79 Å². The zero-order valence-electron chi connectivity index (χ0n) is 11.8. The Morgan fingerprint density at radius 1 is 1.45 bits per heavy atom. The molecule has 20 heavy (non-hydrogen) atoms. The van der Waals surface area contributed by atoms with Crippen molar-refractivity contribution in [2.45, 2.75) is 37.6 Å². The van der Waals surface area contributed by atoms with Crippen LogP contribution < -0.4 is 10.6 Å². The minimum absolute atomic E-state index is 0.179. The number of piperidine rings is 1. The number of amides is 1. The molecular weight excluding hydrogens is 272 g/mol. The molecule has 2 fully saturated rings. The second-order valence-electron chi connectivity index (χ2n) is 6.14. The minimum atomic E-state index is -0.324. The van der Waals surface area contributed by atoms with Gasteiger partial charge in [0.2, 0.25) is 5.91 Å². The Morgan fingerprint density at radius 3 is 2.90 bits per heavy atom. The van der Waals surface area contributed by atoms with E-state index in [2.05, 4.69) is 17.6 Å². The monoisotopic (exact) mass is 292 g/mol. The summed E-state index contributed by atoms with van der Waals surface area (Å²) in [6, 6.07) is 8.02. The van der Waals surface area contributed by atoms with Crippen LogP contribution in [0.5, 0.6) is 0 Å². The lowest BCUT2D eigenvalue weighted by Gasteiger charge is -2.31. The first kappa shape index (κ1) is 13.9. The van der Waals surface area contributed by atoms with Gasteiger partial charge in [-0.1, -0.05) is 30.7 Å². The molecule has 0 aromatic heterocycles. The highest BCUT2D eigenvalue weighted by Gasteiger charge is 2.51. The molecule has 4 heteroatoms. The third kappa shape index (κ3) is 2.57. The SMILES string of the molecule is CC1CNCCC1NC(=O)C1(c2cccc(Cl)c2)CC1. The molecule has 2 atom stereocenters. The molecule has 1 aliphatic heterocycles. The number of carbonyl (C=O) groups excluding carboxylic acids is 1. The van der Waals surface area contributed by atoms with Crippen LogP contribution in [0.15, 0.2) is 24.3 Å². The molecule has 3 nitrogen and oxygen atoms in total. The molecule has 1 aliphatic carbocycles. The Bertz CT molecular complexity index is 513. The van der Waals surface area contributed by atoms with E-state index in [0.717, 1.165) is 37.9 Å². The molecule has 1 saturated carbocycles. The average molecular weight is 293 g/mol. The number of carbonyl (C=O) groups is 1. The topological polar surface area (TPSA) is 41.1 Å². The molecule has 0 bridgehead atoms. The van der Waals surface area contributed by atoms with Gasteiger partial charge in [0.1, 0.15) is 0 Å². The fourth-order valence-corrected chi connectivity index (χ4v) is 3.28. The highest BCUT2D eigenvalue weighted by Crippen LogP contribution is 2.49. The van der Waals surface area contributed by atoms with Gasteiger partial charge in [-0.15, -0.1) is 0 Å². The lowest BCUT2D eigenvalue weighted by atomic mass is 9.91. The molecule has 1 amide bonds. The summed E-state index contributed by atoms with van der Waals surface area (Å²) >= 11 is 6.06. The largest absolute Gasteiger partial charge is 0.352 e. The van der Waals surface area contributed by atoms with Gasteiger partial charge in [0.25, 0.3) is 0 Å². The summed E-state index contributed by atoms with van der Waals surface area (Å²) in [4.78, 5) is 12.7. The highest BCUT2D eigenvalue weighted by molar-refractivity contribution is 6.30. The van der Waals surface area contributed by atoms with Crippen LogP contribution in [0.2, 0.25) is 5.02 Å². The first-order chi connectivity index (χ1) is 9.62. The maximum absolute atomic E-state index is 12.7. The summed E-state index contributed by atoms with van der Waals surface area (Å²) in [5.74, 6) is 0.668. The van der Waals surface area contributed by atoms with E-state index in [4.69, 9.17) is 11.6 Å². The fourth-order valence-electron chi connectivity index (χ4n) is 3.09. The predicted octanol–water partition coefficient (Wildman–Crippen LogP) is 2.49. The molecule has 3 rings (SSSR count). The number of rotatable bonds is 3. The highest BCUT2D eigenvalue weighted by atomic mass is 35.5. The van der Waals surface area contributed by atoms with E-state index in [0.29, 0.717) is 17.0 Å². The van der Waals surface area contributed by atoms with Crippen LogP contribution in [0.4, 0.5) is 0 Å². The zero-order chi connectivity index (χ0) is 14.2. The second-order valence-corrected chi connectivity index (χ2v) is 6.58. The van der Waals surface area contributed by atoms with Crippen LogP contribution >= 0.6 is 11.6 Å². The molecule has 1 aromatic carbocycles. The standard InChI is InChI=1S/C16H21ClN2O/c1-11-10-18-8-5-14(11)19-15(20)16(6-7-16)12-3-2-4-13(17)9-12/h2-4,9,11,14,18H,5-8,10H2,1H3,(H,19,20). The van der Waals surface area contributed by atoms with Crippen molar-refractivity contribution in [3.63, 3.8) is 0 Å². The quantitative estimate of drug-likeness (QED) is 0.899. The number of nitrogens with one attached hydrogen (secondary N) is 2. The molecule has 1 heterocycles. The van der Waals surface area contributed by atoms with Crippen LogP contribution in [0.3, 0.4) is 0 Å². The van der Waals surface area contributed by atoms with Crippen molar-refractivity contribution in [2.24, 2.45) is 5.92 Å². The molecule has 2 unspecified atom stereocenters. The summed E-state index contributed by atoms with van der Waals surface area (Å²) in [6.07, 6.45) is 2.87. The Morgan fingerprint density at radius 2 is 2.25 bits per heavy atom. The molecule has 108 valence electrons. The summed E-state index contributed by atoms with van der Waals surface area (Å²) in [6.45, 7) is 4.16. The summed E-state index contributed by atoms with van der Waals surface area (Å²) in [5, 5.41) is 7.34. The maximum atomic E-state index is 12.7. The van der Waals surface area contributed by atoms with E-state index in [1.54, 1.807) is 0 Å². The van der Waals surface area contributed by atoms with Gasteiger partial charge < -0.3 is 10.6 Å². The lowest BCUT2D eigenvalue weighted by molar-refractivity contribution is -0.124. The smallest absolute Gasteiger partial charge is 0.230 e. The van der Waals surface area contributed by atoms with Gasteiger partial charge in [0, 0.05) is 11.1 Å². The predicted molar refractivity (Wildman–Crippen MR) is 80.9 cm³/mol. The van der Waals surface area contributed by atoms with Crippen molar-refractivity contribution in [3.05, 3.63) is 34.9 Å². The van der Waals surface area contributed by atoms with Crippen LogP contribution in [-0.4, -0.2) is 25.0 Å². The first-order valence-electron chi connectivity index (χ1n) is 7.39. The third-order valence-corrected chi connectivity index (χ3v) is 4.90. The zero-order valence-corrected chi connectivity index (χ0v) is 12.5. The van der Waals surface area contributed by atoms with E-state index >= 15 is 0 Å². The summed E-state index contributed by atoms with van der Waals surface area (Å²) in [5.41, 5.74) is 0.735. The van der Waals surface area contributed by atoms with E-state index in [1.807, 2.05) is 24.3 Å². The number of halogens is 1. The Hall–Kier alpha value is -1.06. The Balaban J connectivity index is 1.73. The van der Waals surface area contributed by atoms with Crippen molar-refractivity contribution in [3.8, 4) is 0 Å². The van der Waals surface area contributed by atoms with Crippen molar-refractivity contribution in [1.29, 1.82) is 0 Å². The van der Waals surface area contributed by atoms with E-state index in [-0.39, 0.29) is 11.3 Å². The van der Waals surface area contributed by atoms with Gasteiger partial charge in [-0.3, -0.25) is 4.79 Å². The Kier molecular flexibility index (Phi) is 3.74. The summed E-state index contributed by atoms with van der Waals surface area (Å²) < 4.78 is 0. The molecule has 1 saturated heterocycles. The van der Waals surface area contributed by atoms with Crippen molar-refractivity contribution in [1.82, 2.24) is 10.6 Å². The van der Waals surface area contributed by atoms with Crippen LogP contribution in [0, 0.1) is 5.92 Å². The van der Waals surface area contributed by atoms with Gasteiger partial charge in [-0.2, -0.15) is 0 Å². The minimum Gasteiger partial charge on any atom is -0.352 e. The molecule has 0 radical (unpaired) electrons. The van der Waals surface area contributed by atoms with E-state index in [1.165, 1.54) is 0 Å². The summed E-state index contributed by atoms with van der Waals surface area (Å²) in [7, 11) is 0. The molecule has 2 N–H and O–H groups in total. The lowest BCUT2D eigenvalue weighted by Crippen LogP contribution is -2.50. The molecular formula is C16H21ClN2O. The van der Waals surface area contributed by atoms with E-state index < -0.39 is 0 Å². The van der Waals surface area contributed by atoms with Crippen LogP contribution in [-0.2, 0) is 10.2 Å². The molecule has 0 spiro atoms. The first-order valence-corrected chi connectivity index (χ1v) is 7.77. The third-order valence-electron chi connectivity index (χ3n) is 4.66. The van der Waals surface area contributed by atoms with Crippen LogP contribution in [0.1, 0.15) is 31.7 Å². The number of hydrogen-bond acceptors (Lipinski definition) is 2. The van der Waals surface area contributed by atoms with Gasteiger partial charge in [0.15, 0.2) is 0 Å². The van der Waals surface area contributed by atoms with Gasteiger partial charge in [-0.05, 0) is 56.0 Å². The second kappa shape index (κ2) is 5.38. The van der Waals surface area contributed by atoms with Gasteiger partial charge in [0.05, 0.1) is 5.41 Å². The van der Waals surface area contributed by atoms with Crippen molar-refractivity contribution < 1.29 is 4.79 Å². The normalized spacial score (nSPS) is 27.9.